The fourth-order valence-corrected chi connectivity index (χ4v) is 2.23. The average molecular weight is 287 g/mol. The molecule has 112 valence electrons. The van der Waals surface area contributed by atoms with Crippen LogP contribution in [0, 0.1) is 13.8 Å². The molecular weight excluding hydrogens is 266 g/mol. The van der Waals surface area contributed by atoms with E-state index in [-0.39, 0.29) is 0 Å². The van der Waals surface area contributed by atoms with Gasteiger partial charge in [0.1, 0.15) is 18.1 Å². The summed E-state index contributed by atoms with van der Waals surface area (Å²) in [6, 6.07) is 7.45. The van der Waals surface area contributed by atoms with Gasteiger partial charge in [-0.2, -0.15) is 0 Å². The van der Waals surface area contributed by atoms with E-state index in [0.29, 0.717) is 12.4 Å². The summed E-state index contributed by atoms with van der Waals surface area (Å²) < 4.78 is 11.2. The van der Waals surface area contributed by atoms with E-state index in [1.54, 1.807) is 20.2 Å². The van der Waals surface area contributed by atoms with E-state index in [2.05, 4.69) is 4.98 Å². The molecule has 4 heteroatoms. The highest BCUT2D eigenvalue weighted by Crippen LogP contribution is 2.25. The van der Waals surface area contributed by atoms with E-state index in [1.807, 2.05) is 38.1 Å². The molecule has 0 aliphatic carbocycles. The molecule has 0 spiro atoms. The Morgan fingerprint density at radius 1 is 1.29 bits per heavy atom. The predicted molar refractivity (Wildman–Crippen MR) is 81.7 cm³/mol. The second kappa shape index (κ2) is 6.59. The van der Waals surface area contributed by atoms with Gasteiger partial charge in [0.25, 0.3) is 0 Å². The Bertz CT molecular complexity index is 623. The number of nitrogens with zero attached hydrogens (tertiary/aromatic N) is 1. The second-order valence-electron chi connectivity index (χ2n) is 5.08. The number of rotatable bonds is 5. The lowest BCUT2D eigenvalue weighted by Crippen LogP contribution is -2.04. The van der Waals surface area contributed by atoms with Gasteiger partial charge in [-0.05, 0) is 38.5 Å². The highest BCUT2D eigenvalue weighted by molar-refractivity contribution is 5.41. The molecule has 1 aromatic heterocycles. The SMILES string of the molecule is COc1c(C)cnc(COc2cccc([C@@H](C)O)c2)c1C. The molecule has 2 aromatic rings. The van der Waals surface area contributed by atoms with Gasteiger partial charge in [-0.25, -0.2) is 0 Å². The number of methoxy groups -OCH3 is 1. The summed E-state index contributed by atoms with van der Waals surface area (Å²) in [5.41, 5.74) is 3.68. The number of pyridine rings is 1. The quantitative estimate of drug-likeness (QED) is 0.916. The van der Waals surface area contributed by atoms with Gasteiger partial charge >= 0.3 is 0 Å². The van der Waals surface area contributed by atoms with E-state index < -0.39 is 6.10 Å². The number of ether oxygens (including phenoxy) is 2. The van der Waals surface area contributed by atoms with Crippen molar-refractivity contribution in [3.8, 4) is 11.5 Å². The zero-order valence-electron chi connectivity index (χ0n) is 12.9. The predicted octanol–water partition coefficient (Wildman–Crippen LogP) is 3.34. The Kier molecular flexibility index (Phi) is 4.81. The molecule has 1 atom stereocenters. The molecule has 0 aliphatic heterocycles. The number of aryl methyl sites for hydroxylation is 1. The maximum absolute atomic E-state index is 9.59. The number of benzene rings is 1. The van der Waals surface area contributed by atoms with Crippen molar-refractivity contribution in [2.75, 3.05) is 7.11 Å². The van der Waals surface area contributed by atoms with Crippen molar-refractivity contribution >= 4 is 0 Å². The maximum Gasteiger partial charge on any atom is 0.131 e. The highest BCUT2D eigenvalue weighted by Gasteiger charge is 2.10. The molecule has 0 fully saturated rings. The van der Waals surface area contributed by atoms with Crippen LogP contribution in [0.4, 0.5) is 0 Å². The van der Waals surface area contributed by atoms with Crippen LogP contribution in [0.1, 0.15) is 35.4 Å². The Labute approximate surface area is 125 Å². The highest BCUT2D eigenvalue weighted by atomic mass is 16.5. The Balaban J connectivity index is 2.15. The first-order valence-electron chi connectivity index (χ1n) is 6.92. The molecule has 1 aromatic carbocycles. The lowest BCUT2D eigenvalue weighted by Gasteiger charge is -2.13. The van der Waals surface area contributed by atoms with Crippen molar-refractivity contribution in [1.82, 2.24) is 4.98 Å². The van der Waals surface area contributed by atoms with Gasteiger partial charge < -0.3 is 14.6 Å². The van der Waals surface area contributed by atoms with Gasteiger partial charge in [0.15, 0.2) is 0 Å². The Morgan fingerprint density at radius 2 is 2.05 bits per heavy atom. The maximum atomic E-state index is 9.59. The van der Waals surface area contributed by atoms with E-state index in [4.69, 9.17) is 9.47 Å². The first-order valence-corrected chi connectivity index (χ1v) is 6.92. The van der Waals surface area contributed by atoms with Crippen LogP contribution in [-0.4, -0.2) is 17.2 Å². The van der Waals surface area contributed by atoms with Gasteiger partial charge in [0.05, 0.1) is 18.9 Å². The normalized spacial score (nSPS) is 12.0. The lowest BCUT2D eigenvalue weighted by atomic mass is 10.1. The minimum absolute atomic E-state index is 0.367. The van der Waals surface area contributed by atoms with E-state index >= 15 is 0 Å². The van der Waals surface area contributed by atoms with Crippen molar-refractivity contribution in [2.45, 2.75) is 33.5 Å². The molecule has 0 radical (unpaired) electrons. The molecule has 0 saturated carbocycles. The first kappa shape index (κ1) is 15.3. The van der Waals surface area contributed by atoms with Crippen molar-refractivity contribution in [2.24, 2.45) is 0 Å². The lowest BCUT2D eigenvalue weighted by molar-refractivity contribution is 0.198. The number of hydrogen-bond donors (Lipinski definition) is 1. The fraction of sp³-hybridized carbons (Fsp3) is 0.353. The summed E-state index contributed by atoms with van der Waals surface area (Å²) in [5.74, 6) is 1.57. The zero-order valence-corrected chi connectivity index (χ0v) is 12.9. The summed E-state index contributed by atoms with van der Waals surface area (Å²) in [5, 5.41) is 9.59. The third-order valence-electron chi connectivity index (χ3n) is 3.47. The second-order valence-corrected chi connectivity index (χ2v) is 5.08. The molecular formula is C17H21NO3. The smallest absolute Gasteiger partial charge is 0.131 e. The summed E-state index contributed by atoms with van der Waals surface area (Å²) in [7, 11) is 1.66. The molecule has 0 saturated heterocycles. The van der Waals surface area contributed by atoms with Crippen LogP contribution >= 0.6 is 0 Å². The van der Waals surface area contributed by atoms with Crippen LogP contribution in [0.3, 0.4) is 0 Å². The average Bonchev–Trinajstić information content (AvgIpc) is 2.47. The van der Waals surface area contributed by atoms with Gasteiger partial charge in [0, 0.05) is 17.3 Å². The van der Waals surface area contributed by atoms with Crippen molar-refractivity contribution < 1.29 is 14.6 Å². The molecule has 0 unspecified atom stereocenters. The molecule has 1 N–H and O–H groups in total. The third-order valence-corrected chi connectivity index (χ3v) is 3.47. The Hall–Kier alpha value is -2.07. The summed E-state index contributed by atoms with van der Waals surface area (Å²) in [6.07, 6.45) is 1.28. The third kappa shape index (κ3) is 3.52. The molecule has 1 heterocycles. The van der Waals surface area contributed by atoms with Crippen LogP contribution in [0.5, 0.6) is 11.5 Å². The van der Waals surface area contributed by atoms with Crippen LogP contribution in [0.25, 0.3) is 0 Å². The topological polar surface area (TPSA) is 51.6 Å². The summed E-state index contributed by atoms with van der Waals surface area (Å²) in [4.78, 5) is 4.40. The number of hydrogen-bond acceptors (Lipinski definition) is 4. The van der Waals surface area contributed by atoms with Crippen molar-refractivity contribution in [3.05, 3.63) is 52.8 Å². The van der Waals surface area contributed by atoms with Gasteiger partial charge in [-0.15, -0.1) is 0 Å². The zero-order chi connectivity index (χ0) is 15.4. The van der Waals surface area contributed by atoms with E-state index in [0.717, 1.165) is 28.1 Å². The van der Waals surface area contributed by atoms with Crippen LogP contribution in [0.15, 0.2) is 30.5 Å². The van der Waals surface area contributed by atoms with Crippen LogP contribution in [0.2, 0.25) is 0 Å². The van der Waals surface area contributed by atoms with Gasteiger partial charge in [0.2, 0.25) is 0 Å². The minimum atomic E-state index is -0.507. The van der Waals surface area contributed by atoms with Gasteiger partial charge in [-0.3, -0.25) is 4.98 Å². The van der Waals surface area contributed by atoms with Crippen molar-refractivity contribution in [1.29, 1.82) is 0 Å². The Morgan fingerprint density at radius 3 is 2.71 bits per heavy atom. The molecule has 0 bridgehead atoms. The fourth-order valence-electron chi connectivity index (χ4n) is 2.23. The van der Waals surface area contributed by atoms with Crippen LogP contribution < -0.4 is 9.47 Å². The van der Waals surface area contributed by atoms with E-state index in [1.165, 1.54) is 0 Å². The summed E-state index contributed by atoms with van der Waals surface area (Å²) in [6.45, 7) is 6.04. The van der Waals surface area contributed by atoms with E-state index in [9.17, 15) is 5.11 Å². The minimum Gasteiger partial charge on any atom is -0.496 e. The molecule has 2 rings (SSSR count). The van der Waals surface area contributed by atoms with Crippen molar-refractivity contribution in [3.63, 3.8) is 0 Å². The summed E-state index contributed by atoms with van der Waals surface area (Å²) >= 11 is 0. The number of aliphatic hydroxyl groups excluding tert-OH is 1. The first-order chi connectivity index (χ1) is 10.0. The monoisotopic (exact) mass is 287 g/mol. The molecule has 21 heavy (non-hydrogen) atoms. The molecule has 4 nitrogen and oxygen atoms in total. The molecule has 0 aliphatic rings. The number of aliphatic hydroxyl groups is 1. The van der Waals surface area contributed by atoms with Crippen LogP contribution in [-0.2, 0) is 6.61 Å². The molecule has 0 amide bonds. The van der Waals surface area contributed by atoms with Gasteiger partial charge in [-0.1, -0.05) is 12.1 Å². The largest absolute Gasteiger partial charge is 0.496 e. The standard InChI is InChI=1S/C17H21NO3/c1-11-9-18-16(12(2)17(11)20-4)10-21-15-7-5-6-14(8-15)13(3)19/h5-9,13,19H,10H2,1-4H3/t13-/m1/s1. The number of aromatic nitrogens is 1.